The SMILES string of the molecule is Cn1ccc(C(=O)Nc2ccc(Cl)cc2C#CCO)n1. The Bertz CT molecular complexity index is 698. The number of hydrogen-bond acceptors (Lipinski definition) is 3. The van der Waals surface area contributed by atoms with E-state index in [1.807, 2.05) is 0 Å². The van der Waals surface area contributed by atoms with Gasteiger partial charge in [0, 0.05) is 23.8 Å². The molecule has 5 nitrogen and oxygen atoms in total. The number of nitrogens with one attached hydrogen (secondary N) is 1. The van der Waals surface area contributed by atoms with Crippen LogP contribution in [0.4, 0.5) is 5.69 Å². The van der Waals surface area contributed by atoms with Gasteiger partial charge < -0.3 is 10.4 Å². The maximum atomic E-state index is 12.0. The molecule has 0 radical (unpaired) electrons. The fraction of sp³-hybridized carbons (Fsp3) is 0.143. The molecule has 0 atom stereocenters. The van der Waals surface area contributed by atoms with Gasteiger partial charge in [-0.05, 0) is 24.3 Å². The summed E-state index contributed by atoms with van der Waals surface area (Å²) in [6, 6.07) is 6.55. The lowest BCUT2D eigenvalue weighted by atomic mass is 10.1. The number of amides is 1. The number of aromatic nitrogens is 2. The lowest BCUT2D eigenvalue weighted by Gasteiger charge is -2.06. The van der Waals surface area contributed by atoms with Crippen molar-refractivity contribution in [3.63, 3.8) is 0 Å². The van der Waals surface area contributed by atoms with Crippen molar-refractivity contribution in [1.29, 1.82) is 0 Å². The first-order valence-electron chi connectivity index (χ1n) is 5.80. The minimum Gasteiger partial charge on any atom is -0.384 e. The molecule has 2 N–H and O–H groups in total. The van der Waals surface area contributed by atoms with E-state index < -0.39 is 0 Å². The Hall–Kier alpha value is -2.29. The molecule has 1 aromatic heterocycles. The fourth-order valence-electron chi connectivity index (χ4n) is 1.59. The summed E-state index contributed by atoms with van der Waals surface area (Å²) in [5.74, 6) is 4.93. The van der Waals surface area contributed by atoms with Crippen LogP contribution in [0.15, 0.2) is 30.5 Å². The largest absolute Gasteiger partial charge is 0.384 e. The molecule has 0 spiro atoms. The molecule has 0 bridgehead atoms. The Labute approximate surface area is 121 Å². The first-order chi connectivity index (χ1) is 9.60. The van der Waals surface area contributed by atoms with Crippen LogP contribution in [0.1, 0.15) is 16.1 Å². The molecular weight excluding hydrogens is 278 g/mol. The van der Waals surface area contributed by atoms with Crippen LogP contribution in [0, 0.1) is 11.8 Å². The van der Waals surface area contributed by atoms with E-state index in [-0.39, 0.29) is 12.5 Å². The van der Waals surface area contributed by atoms with E-state index in [2.05, 4.69) is 22.3 Å². The molecule has 0 aliphatic heterocycles. The number of aliphatic hydroxyl groups is 1. The van der Waals surface area contributed by atoms with Crippen molar-refractivity contribution in [2.45, 2.75) is 0 Å². The molecule has 0 aliphatic carbocycles. The average Bonchev–Trinajstić information content (AvgIpc) is 2.85. The highest BCUT2D eigenvalue weighted by Gasteiger charge is 2.11. The van der Waals surface area contributed by atoms with E-state index in [9.17, 15) is 4.79 Å². The Morgan fingerprint density at radius 3 is 2.95 bits per heavy atom. The number of rotatable bonds is 2. The standard InChI is InChI=1S/C14H12ClN3O2/c1-18-7-6-13(17-18)14(20)16-12-5-4-11(15)9-10(12)3-2-8-19/h4-7,9,19H,8H2,1H3,(H,16,20). The molecule has 102 valence electrons. The van der Waals surface area contributed by atoms with Crippen LogP contribution in [0.2, 0.25) is 5.02 Å². The Kier molecular flexibility index (Phi) is 4.41. The van der Waals surface area contributed by atoms with Crippen LogP contribution >= 0.6 is 11.6 Å². The van der Waals surface area contributed by atoms with Crippen molar-refractivity contribution in [2.75, 3.05) is 11.9 Å². The van der Waals surface area contributed by atoms with E-state index in [4.69, 9.17) is 16.7 Å². The van der Waals surface area contributed by atoms with Gasteiger partial charge in [0.15, 0.2) is 5.69 Å². The third-order valence-corrected chi connectivity index (χ3v) is 2.71. The summed E-state index contributed by atoms with van der Waals surface area (Å²) in [4.78, 5) is 12.0. The zero-order valence-electron chi connectivity index (χ0n) is 10.7. The summed E-state index contributed by atoms with van der Waals surface area (Å²) in [5, 5.41) is 16.0. The van der Waals surface area contributed by atoms with Crippen LogP contribution in [0.25, 0.3) is 0 Å². The van der Waals surface area contributed by atoms with E-state index in [1.165, 1.54) is 0 Å². The summed E-state index contributed by atoms with van der Waals surface area (Å²) in [6.45, 7) is -0.264. The molecule has 0 saturated carbocycles. The van der Waals surface area contributed by atoms with E-state index in [0.717, 1.165) is 0 Å². The number of benzene rings is 1. The first kappa shape index (κ1) is 14.1. The van der Waals surface area contributed by atoms with Gasteiger partial charge in [-0.25, -0.2) is 0 Å². The third-order valence-electron chi connectivity index (χ3n) is 2.48. The smallest absolute Gasteiger partial charge is 0.276 e. The van der Waals surface area contributed by atoms with Crippen molar-refractivity contribution >= 4 is 23.2 Å². The molecule has 0 saturated heterocycles. The Balaban J connectivity index is 2.26. The van der Waals surface area contributed by atoms with Crippen LogP contribution in [0.5, 0.6) is 0 Å². The lowest BCUT2D eigenvalue weighted by molar-refractivity contribution is 0.102. The molecule has 0 unspecified atom stereocenters. The highest BCUT2D eigenvalue weighted by molar-refractivity contribution is 6.30. The van der Waals surface area contributed by atoms with E-state index in [1.54, 1.807) is 42.2 Å². The number of aliphatic hydroxyl groups excluding tert-OH is 1. The Morgan fingerprint density at radius 2 is 2.30 bits per heavy atom. The van der Waals surface area contributed by atoms with Crippen LogP contribution in [-0.4, -0.2) is 27.4 Å². The van der Waals surface area contributed by atoms with Crippen molar-refractivity contribution in [2.24, 2.45) is 7.05 Å². The second kappa shape index (κ2) is 6.24. The first-order valence-corrected chi connectivity index (χ1v) is 6.18. The number of aryl methyl sites for hydroxylation is 1. The molecule has 0 aliphatic rings. The van der Waals surface area contributed by atoms with Gasteiger partial charge in [0.1, 0.15) is 6.61 Å². The second-order valence-corrected chi connectivity index (χ2v) is 4.42. The topological polar surface area (TPSA) is 67.2 Å². The average molecular weight is 290 g/mol. The van der Waals surface area contributed by atoms with Gasteiger partial charge in [-0.3, -0.25) is 9.48 Å². The predicted molar refractivity (Wildman–Crippen MR) is 76.6 cm³/mol. The highest BCUT2D eigenvalue weighted by atomic mass is 35.5. The summed E-state index contributed by atoms with van der Waals surface area (Å²) in [5.41, 5.74) is 1.37. The Morgan fingerprint density at radius 1 is 1.50 bits per heavy atom. The van der Waals surface area contributed by atoms with Gasteiger partial charge in [0.25, 0.3) is 5.91 Å². The van der Waals surface area contributed by atoms with Crippen molar-refractivity contribution in [1.82, 2.24) is 9.78 Å². The summed E-state index contributed by atoms with van der Waals surface area (Å²) in [6.07, 6.45) is 1.68. The lowest BCUT2D eigenvalue weighted by Crippen LogP contribution is -2.14. The number of halogens is 1. The zero-order valence-corrected chi connectivity index (χ0v) is 11.5. The second-order valence-electron chi connectivity index (χ2n) is 3.98. The number of carbonyl (C=O) groups is 1. The van der Waals surface area contributed by atoms with E-state index in [0.29, 0.717) is 22.0 Å². The zero-order chi connectivity index (χ0) is 14.5. The van der Waals surface area contributed by atoms with Crippen molar-refractivity contribution < 1.29 is 9.90 Å². The van der Waals surface area contributed by atoms with Gasteiger partial charge in [0.2, 0.25) is 0 Å². The molecule has 1 amide bonds. The van der Waals surface area contributed by atoms with Crippen LogP contribution < -0.4 is 5.32 Å². The summed E-state index contributed by atoms with van der Waals surface area (Å²) in [7, 11) is 1.73. The van der Waals surface area contributed by atoms with E-state index >= 15 is 0 Å². The molecular formula is C14H12ClN3O2. The van der Waals surface area contributed by atoms with Gasteiger partial charge in [-0.15, -0.1) is 0 Å². The highest BCUT2D eigenvalue weighted by Crippen LogP contribution is 2.20. The molecule has 6 heteroatoms. The summed E-state index contributed by atoms with van der Waals surface area (Å²) >= 11 is 5.89. The van der Waals surface area contributed by atoms with Crippen molar-refractivity contribution in [3.05, 3.63) is 46.7 Å². The number of nitrogens with zero attached hydrogens (tertiary/aromatic N) is 2. The summed E-state index contributed by atoms with van der Waals surface area (Å²) < 4.78 is 1.54. The third kappa shape index (κ3) is 3.38. The minimum absolute atomic E-state index is 0.264. The molecule has 2 aromatic rings. The normalized spacial score (nSPS) is 9.75. The molecule has 1 aromatic carbocycles. The minimum atomic E-state index is -0.333. The maximum Gasteiger partial charge on any atom is 0.276 e. The van der Waals surface area contributed by atoms with Crippen LogP contribution in [-0.2, 0) is 7.05 Å². The van der Waals surface area contributed by atoms with Gasteiger partial charge in [-0.2, -0.15) is 5.10 Å². The predicted octanol–water partition coefficient (Wildman–Crippen LogP) is 1.67. The van der Waals surface area contributed by atoms with Crippen LogP contribution in [0.3, 0.4) is 0 Å². The molecule has 0 fully saturated rings. The fourth-order valence-corrected chi connectivity index (χ4v) is 1.76. The number of anilines is 1. The molecule has 20 heavy (non-hydrogen) atoms. The molecule has 2 rings (SSSR count). The van der Waals surface area contributed by atoms with Gasteiger partial charge in [-0.1, -0.05) is 23.4 Å². The number of carbonyl (C=O) groups excluding carboxylic acids is 1. The number of hydrogen-bond donors (Lipinski definition) is 2. The van der Waals surface area contributed by atoms with Gasteiger partial charge >= 0.3 is 0 Å². The van der Waals surface area contributed by atoms with Crippen molar-refractivity contribution in [3.8, 4) is 11.8 Å². The van der Waals surface area contributed by atoms with Gasteiger partial charge in [0.05, 0.1) is 5.69 Å². The maximum absolute atomic E-state index is 12.0. The monoisotopic (exact) mass is 289 g/mol. The quantitative estimate of drug-likeness (QED) is 0.827. The molecule has 1 heterocycles.